The highest BCUT2D eigenvalue weighted by Gasteiger charge is 1.86. The van der Waals surface area contributed by atoms with E-state index in [1.54, 1.807) is 24.7 Å². The van der Waals surface area contributed by atoms with Crippen molar-refractivity contribution in [3.63, 3.8) is 0 Å². The first kappa shape index (κ1) is 19.9. The Balaban J connectivity index is 0.000000156. The molecular weight excluding hydrogens is 328 g/mol. The molecule has 0 saturated carbocycles. The number of nitrogens with zero attached hydrogens (tertiary/aromatic N) is 4. The second-order valence-corrected chi connectivity index (χ2v) is 4.08. The predicted octanol–water partition coefficient (Wildman–Crippen LogP) is 1.39. The lowest BCUT2D eigenvalue weighted by Crippen LogP contribution is -2.19. The summed E-state index contributed by atoms with van der Waals surface area (Å²) in [5.74, 6) is 0. The Morgan fingerprint density at radius 1 is 1.08 bits per heavy atom. The van der Waals surface area contributed by atoms with Gasteiger partial charge in [-0.15, -0.1) is 0 Å². The summed E-state index contributed by atoms with van der Waals surface area (Å²) in [5.41, 5.74) is 5.65. The first-order chi connectivity index (χ1) is 12.5. The summed E-state index contributed by atoms with van der Waals surface area (Å²) < 4.78 is 13.5. The second kappa shape index (κ2) is 17.2. The zero-order chi connectivity index (χ0) is 17.7. The summed E-state index contributed by atoms with van der Waals surface area (Å²) in [4.78, 5) is 11.8. The van der Waals surface area contributed by atoms with Crippen LogP contribution in [0.15, 0.2) is 68.7 Å². The lowest BCUT2D eigenvalue weighted by Gasteiger charge is -1.83. The van der Waals surface area contributed by atoms with Gasteiger partial charge in [-0.3, -0.25) is 4.99 Å². The van der Waals surface area contributed by atoms with Gasteiger partial charge in [0, 0.05) is 25.4 Å². The molecule has 5 heterocycles. The molecule has 0 amide bonds. The van der Waals surface area contributed by atoms with Crippen LogP contribution in [0.1, 0.15) is 6.42 Å². The third kappa shape index (κ3) is 15.5. The molecule has 0 spiro atoms. The fourth-order valence-corrected chi connectivity index (χ4v) is 1.17. The Kier molecular flexibility index (Phi) is 13.7. The van der Waals surface area contributed by atoms with Crippen molar-refractivity contribution in [3.8, 4) is 0 Å². The van der Waals surface area contributed by atoms with Crippen LogP contribution in [0.5, 0.6) is 0 Å². The summed E-state index contributed by atoms with van der Waals surface area (Å²) in [6, 6.07) is 1.72. The molecule has 0 aliphatic carbocycles. The number of oxime groups is 1. The third-order valence-corrected chi connectivity index (χ3v) is 2.19. The minimum Gasteiger partial charge on any atom is -0.482 e. The predicted molar refractivity (Wildman–Crippen MR) is 91.7 cm³/mol. The van der Waals surface area contributed by atoms with E-state index in [0.29, 0.717) is 0 Å². The third-order valence-electron chi connectivity index (χ3n) is 2.19. The molecule has 2 aromatic rings. The van der Waals surface area contributed by atoms with Crippen LogP contribution < -0.4 is 10.9 Å². The van der Waals surface area contributed by atoms with E-state index in [1.807, 2.05) is 12.3 Å². The Hall–Kier alpha value is -3.14. The molecule has 136 valence electrons. The number of hydrazine groups is 1. The SMILES string of the molecule is C1=CNNC1.C1=NCCO1.C1=NOCC1.c1cnoc1.c1cocn1. The van der Waals surface area contributed by atoms with Crippen LogP contribution in [0.3, 0.4) is 0 Å². The zero-order valence-electron chi connectivity index (χ0n) is 13.7. The van der Waals surface area contributed by atoms with Gasteiger partial charge >= 0.3 is 0 Å². The molecule has 5 rings (SSSR count). The maximum Gasteiger partial charge on any atom is 0.180 e. The van der Waals surface area contributed by atoms with Crippen LogP contribution in [0.2, 0.25) is 0 Å². The number of rotatable bonds is 0. The van der Waals surface area contributed by atoms with Gasteiger partial charge in [-0.25, -0.2) is 10.4 Å². The summed E-state index contributed by atoms with van der Waals surface area (Å²) in [7, 11) is 0. The average Bonchev–Trinajstić information content (AvgIpc) is 3.55. The smallest absolute Gasteiger partial charge is 0.180 e. The van der Waals surface area contributed by atoms with Crippen LogP contribution in [-0.2, 0) is 9.57 Å². The minimum atomic E-state index is 0.778. The average molecular weight is 350 g/mol. The van der Waals surface area contributed by atoms with E-state index < -0.39 is 0 Å². The summed E-state index contributed by atoms with van der Waals surface area (Å²) in [6.07, 6.45) is 15.7. The molecule has 10 nitrogen and oxygen atoms in total. The first-order valence-corrected chi connectivity index (χ1v) is 7.53. The van der Waals surface area contributed by atoms with Gasteiger partial charge in [0.05, 0.1) is 18.9 Å². The summed E-state index contributed by atoms with van der Waals surface area (Å²) >= 11 is 0. The number of hydrogen-bond acceptors (Lipinski definition) is 10. The van der Waals surface area contributed by atoms with Gasteiger partial charge in [-0.2, -0.15) is 0 Å². The molecule has 0 bridgehead atoms. The largest absolute Gasteiger partial charge is 0.482 e. The van der Waals surface area contributed by atoms with Crippen LogP contribution >= 0.6 is 0 Å². The van der Waals surface area contributed by atoms with E-state index in [2.05, 4.69) is 49.7 Å². The van der Waals surface area contributed by atoms with Crippen molar-refractivity contribution < 1.29 is 18.5 Å². The maximum atomic E-state index is 4.65. The van der Waals surface area contributed by atoms with E-state index in [4.69, 9.17) is 0 Å². The summed E-state index contributed by atoms with van der Waals surface area (Å²) in [5, 5.41) is 6.81. The van der Waals surface area contributed by atoms with Gasteiger partial charge in [0.2, 0.25) is 0 Å². The molecule has 0 fully saturated rings. The Labute approximate surface area is 145 Å². The van der Waals surface area contributed by atoms with Crippen LogP contribution in [0.25, 0.3) is 0 Å². The van der Waals surface area contributed by atoms with Gasteiger partial charge in [0.1, 0.15) is 25.7 Å². The minimum absolute atomic E-state index is 0.778. The first-order valence-electron chi connectivity index (χ1n) is 7.53. The fourth-order valence-electron chi connectivity index (χ4n) is 1.17. The van der Waals surface area contributed by atoms with Crippen LogP contribution in [-0.4, -0.2) is 49.1 Å². The molecule has 0 radical (unpaired) electrons. The molecule has 0 aromatic carbocycles. The summed E-state index contributed by atoms with van der Waals surface area (Å²) in [6.45, 7) is 3.36. The monoisotopic (exact) mass is 350 g/mol. The van der Waals surface area contributed by atoms with Crippen LogP contribution in [0, 0.1) is 0 Å². The van der Waals surface area contributed by atoms with Gasteiger partial charge in [-0.1, -0.05) is 16.4 Å². The highest BCUT2D eigenvalue weighted by atomic mass is 16.6. The zero-order valence-corrected chi connectivity index (χ0v) is 13.7. The number of aromatic nitrogens is 2. The number of aliphatic imine (C=N–C) groups is 1. The van der Waals surface area contributed by atoms with Gasteiger partial charge < -0.3 is 23.9 Å². The standard InChI is InChI=1S/C3H6N2.C3H5NO.C3H3NO.C3H5NO.C3H3NO/c1-2-4-5-3-1;2*1-2-5-3-4-1;2*1-2-4-5-3-1/h1-2,4-5H,3H2;3H,1-2H2;1-3H;2H,1,3H2;1-3H. The van der Waals surface area contributed by atoms with E-state index in [9.17, 15) is 0 Å². The Morgan fingerprint density at radius 2 is 2.08 bits per heavy atom. The molecular formula is C15H22N6O4. The fraction of sp³-hybridized carbons (Fsp3) is 0.333. The van der Waals surface area contributed by atoms with Crippen molar-refractivity contribution in [1.82, 2.24) is 21.0 Å². The molecule has 3 aliphatic heterocycles. The van der Waals surface area contributed by atoms with E-state index in [0.717, 1.165) is 32.7 Å². The number of hydrogen-bond donors (Lipinski definition) is 2. The van der Waals surface area contributed by atoms with Crippen molar-refractivity contribution in [2.24, 2.45) is 10.1 Å². The lowest BCUT2D eigenvalue weighted by molar-refractivity contribution is 0.174. The topological polar surface area (TPSA) is 119 Å². The molecule has 25 heavy (non-hydrogen) atoms. The molecule has 10 heteroatoms. The molecule has 0 unspecified atom stereocenters. The van der Waals surface area contributed by atoms with E-state index in [1.165, 1.54) is 25.3 Å². The van der Waals surface area contributed by atoms with Gasteiger partial charge in [0.15, 0.2) is 12.8 Å². The molecule has 2 N–H and O–H groups in total. The van der Waals surface area contributed by atoms with Crippen molar-refractivity contribution in [1.29, 1.82) is 0 Å². The maximum absolute atomic E-state index is 4.65. The molecule has 0 atom stereocenters. The highest BCUT2D eigenvalue weighted by molar-refractivity contribution is 5.57. The molecule has 0 saturated heterocycles. The van der Waals surface area contributed by atoms with Gasteiger partial charge in [-0.05, 0) is 6.07 Å². The molecule has 3 aliphatic rings. The van der Waals surface area contributed by atoms with Crippen molar-refractivity contribution in [2.75, 3.05) is 26.3 Å². The molecule has 2 aromatic heterocycles. The number of ether oxygens (including phenoxy) is 1. The van der Waals surface area contributed by atoms with Crippen LogP contribution in [0.4, 0.5) is 0 Å². The van der Waals surface area contributed by atoms with Crippen molar-refractivity contribution >= 4 is 12.6 Å². The van der Waals surface area contributed by atoms with E-state index >= 15 is 0 Å². The second-order valence-electron chi connectivity index (χ2n) is 4.08. The number of nitrogens with one attached hydrogen (secondary N) is 2. The Morgan fingerprint density at radius 3 is 2.28 bits per heavy atom. The lowest BCUT2D eigenvalue weighted by atomic mass is 10.5. The Bertz CT molecular complexity index is 426. The van der Waals surface area contributed by atoms with Crippen molar-refractivity contribution in [3.05, 3.63) is 49.7 Å². The number of oxazole rings is 1. The van der Waals surface area contributed by atoms with Crippen molar-refractivity contribution in [2.45, 2.75) is 6.42 Å². The highest BCUT2D eigenvalue weighted by Crippen LogP contribution is 1.86. The van der Waals surface area contributed by atoms with Gasteiger partial charge in [0.25, 0.3) is 0 Å². The normalized spacial score (nSPS) is 14.7. The quantitative estimate of drug-likeness (QED) is 0.731. The van der Waals surface area contributed by atoms with E-state index in [-0.39, 0.29) is 0 Å².